The number of nitrogens with two attached hydrogens (primary N) is 2. The van der Waals surface area contributed by atoms with Crippen molar-refractivity contribution in [3.63, 3.8) is 0 Å². The van der Waals surface area contributed by atoms with Crippen LogP contribution in [-0.2, 0) is 35.4 Å². The number of likely N-dealkylation sites (N-methyl/N-ethyl adjacent to an activating group) is 1. The molecule has 3 unspecified atom stereocenters. The van der Waals surface area contributed by atoms with E-state index in [1.807, 2.05) is 11.1 Å². The van der Waals surface area contributed by atoms with Gasteiger partial charge in [-0.15, -0.1) is 0 Å². The van der Waals surface area contributed by atoms with Gasteiger partial charge in [-0.05, 0) is 72.5 Å². The smallest absolute Gasteiger partial charge is 0.137 e. The second kappa shape index (κ2) is 17.7. The molecule has 5 N–H and O–H groups in total. The number of nitrogens with one attached hydrogen (secondary N) is 1. The fourth-order valence-electron chi connectivity index (χ4n) is 5.72. The molecule has 0 saturated carbocycles. The van der Waals surface area contributed by atoms with Gasteiger partial charge in [-0.2, -0.15) is 0 Å². The van der Waals surface area contributed by atoms with Crippen molar-refractivity contribution in [2.75, 3.05) is 7.05 Å². The molecule has 0 aliphatic rings. The Hall–Kier alpha value is -3.16. The van der Waals surface area contributed by atoms with Crippen molar-refractivity contribution < 1.29 is 9.59 Å². The zero-order valence-electron chi connectivity index (χ0n) is 25.7. The number of ketones is 1. The molecule has 0 aliphatic heterocycles. The number of aryl methyl sites for hydroxylation is 2. The van der Waals surface area contributed by atoms with Gasteiger partial charge in [0.05, 0.1) is 18.1 Å². The summed E-state index contributed by atoms with van der Waals surface area (Å²) in [7, 11) is 1.80. The van der Waals surface area contributed by atoms with Crippen molar-refractivity contribution >= 4 is 12.1 Å². The van der Waals surface area contributed by atoms with E-state index < -0.39 is 0 Å². The Morgan fingerprint density at radius 3 is 2.12 bits per heavy atom. The van der Waals surface area contributed by atoms with E-state index in [1.54, 1.807) is 7.05 Å². The summed E-state index contributed by atoms with van der Waals surface area (Å²) < 4.78 is 0. The van der Waals surface area contributed by atoms with Crippen LogP contribution in [0.1, 0.15) is 97.8 Å². The van der Waals surface area contributed by atoms with Gasteiger partial charge < -0.3 is 15.8 Å². The van der Waals surface area contributed by atoms with E-state index in [-0.39, 0.29) is 18.1 Å². The Bertz CT molecular complexity index is 1240. The van der Waals surface area contributed by atoms with Crippen molar-refractivity contribution in [2.24, 2.45) is 11.6 Å². The van der Waals surface area contributed by atoms with Crippen LogP contribution in [-0.4, -0.2) is 30.2 Å². The highest BCUT2D eigenvalue weighted by Gasteiger charge is 2.29. The molecular formula is C36H50N4O2. The predicted octanol–water partition coefficient (Wildman–Crippen LogP) is 6.17. The molecule has 3 aromatic carbocycles. The summed E-state index contributed by atoms with van der Waals surface area (Å²) in [5.41, 5.74) is 13.9. The molecule has 0 fully saturated rings. The molecule has 0 radical (unpaired) electrons. The quantitative estimate of drug-likeness (QED) is 0.0690. The molecule has 3 rings (SSSR count). The topological polar surface area (TPSA) is 101 Å². The van der Waals surface area contributed by atoms with E-state index >= 15 is 0 Å². The van der Waals surface area contributed by atoms with Crippen LogP contribution in [0.2, 0.25) is 0 Å². The molecule has 3 atom stereocenters. The first-order valence-corrected chi connectivity index (χ1v) is 15.6. The van der Waals surface area contributed by atoms with Crippen LogP contribution in [0.3, 0.4) is 0 Å². The third-order valence-corrected chi connectivity index (χ3v) is 8.21. The molecule has 0 aliphatic carbocycles. The molecule has 3 aromatic rings. The van der Waals surface area contributed by atoms with E-state index in [2.05, 4.69) is 85.9 Å². The maximum absolute atomic E-state index is 12.4. The lowest BCUT2D eigenvalue weighted by Crippen LogP contribution is -2.41. The average Bonchev–Trinajstić information content (AvgIpc) is 3.01. The Morgan fingerprint density at radius 1 is 0.857 bits per heavy atom. The molecule has 226 valence electrons. The van der Waals surface area contributed by atoms with Crippen LogP contribution in [0.5, 0.6) is 0 Å². The number of Topliss-reactive ketones (excluding diaryl/α,β-unsaturated/α-hetero) is 1. The van der Waals surface area contributed by atoms with Crippen LogP contribution in [0.15, 0.2) is 72.8 Å². The van der Waals surface area contributed by atoms with Gasteiger partial charge in [-0.1, -0.05) is 99.5 Å². The predicted molar refractivity (Wildman–Crippen MR) is 173 cm³/mol. The number of benzene rings is 3. The second-order valence-corrected chi connectivity index (χ2v) is 11.3. The highest BCUT2D eigenvalue weighted by atomic mass is 16.1. The van der Waals surface area contributed by atoms with E-state index in [4.69, 9.17) is 11.6 Å². The van der Waals surface area contributed by atoms with Gasteiger partial charge in [0.25, 0.3) is 0 Å². The maximum atomic E-state index is 12.4. The van der Waals surface area contributed by atoms with Gasteiger partial charge in [0.2, 0.25) is 0 Å². The number of nitrogens with zero attached hydrogens (tertiary/aromatic N) is 1. The summed E-state index contributed by atoms with van der Waals surface area (Å²) in [6, 6.07) is 24.2. The van der Waals surface area contributed by atoms with Crippen LogP contribution in [0.25, 0.3) is 0 Å². The van der Waals surface area contributed by atoms with Crippen molar-refractivity contribution in [3.8, 4) is 0 Å². The van der Waals surface area contributed by atoms with Crippen LogP contribution in [0, 0.1) is 0 Å². The molecule has 0 spiro atoms. The number of hydrogen-bond donors (Lipinski definition) is 3. The van der Waals surface area contributed by atoms with Gasteiger partial charge in [-0.3, -0.25) is 10.6 Å². The number of unbranched alkanes of at least 4 members (excludes halogenated alkanes) is 2. The first-order valence-electron chi connectivity index (χ1n) is 15.6. The summed E-state index contributed by atoms with van der Waals surface area (Å²) in [6.45, 7) is 4.84. The van der Waals surface area contributed by atoms with Crippen LogP contribution < -0.4 is 16.9 Å². The third-order valence-electron chi connectivity index (χ3n) is 8.21. The molecule has 42 heavy (non-hydrogen) atoms. The van der Waals surface area contributed by atoms with Crippen molar-refractivity contribution in [1.82, 2.24) is 10.3 Å². The number of hydrogen-bond acceptors (Lipinski definition) is 6. The number of carbonyl (C=O) groups is 2. The third kappa shape index (κ3) is 9.70. The van der Waals surface area contributed by atoms with Crippen molar-refractivity contribution in [2.45, 2.75) is 96.3 Å². The molecule has 6 heteroatoms. The molecule has 0 bridgehead atoms. The van der Waals surface area contributed by atoms with Crippen LogP contribution >= 0.6 is 0 Å². The van der Waals surface area contributed by atoms with E-state index in [9.17, 15) is 9.59 Å². The Morgan fingerprint density at radius 2 is 1.48 bits per heavy atom. The lowest BCUT2D eigenvalue weighted by molar-refractivity contribution is -0.119. The molecule has 0 amide bonds. The molecule has 0 saturated heterocycles. The monoisotopic (exact) mass is 570 g/mol. The molecule has 6 nitrogen and oxygen atoms in total. The fourth-order valence-corrected chi connectivity index (χ4v) is 5.72. The largest absolute Gasteiger partial charge is 0.322 e. The lowest BCUT2D eigenvalue weighted by atomic mass is 9.86. The van der Waals surface area contributed by atoms with Gasteiger partial charge in [0.15, 0.2) is 0 Å². The Labute approximate surface area is 252 Å². The summed E-state index contributed by atoms with van der Waals surface area (Å²) in [5, 5.41) is 4.89. The molecule has 0 aromatic heterocycles. The zero-order valence-corrected chi connectivity index (χ0v) is 25.7. The lowest BCUT2D eigenvalue weighted by Gasteiger charge is -2.35. The Balaban J connectivity index is 1.83. The number of aldehydes is 1. The van der Waals surface area contributed by atoms with Gasteiger partial charge in [0.1, 0.15) is 12.1 Å². The van der Waals surface area contributed by atoms with Gasteiger partial charge in [-0.25, -0.2) is 5.01 Å². The zero-order chi connectivity index (χ0) is 30.3. The number of carbonyl (C=O) groups excluding carboxylic acids is 2. The normalized spacial score (nSPS) is 13.6. The van der Waals surface area contributed by atoms with E-state index in [0.717, 1.165) is 67.1 Å². The van der Waals surface area contributed by atoms with Crippen LogP contribution in [0.4, 0.5) is 0 Å². The Kier molecular flexibility index (Phi) is 14.1. The number of rotatable bonds is 19. The molecule has 0 heterocycles. The van der Waals surface area contributed by atoms with E-state index in [0.29, 0.717) is 31.6 Å². The summed E-state index contributed by atoms with van der Waals surface area (Å²) in [5.74, 6) is 7.26. The minimum Gasteiger partial charge on any atom is -0.322 e. The minimum atomic E-state index is -0.359. The van der Waals surface area contributed by atoms with Crippen molar-refractivity contribution in [1.29, 1.82) is 0 Å². The van der Waals surface area contributed by atoms with E-state index in [1.165, 1.54) is 11.1 Å². The van der Waals surface area contributed by atoms with Gasteiger partial charge in [0, 0.05) is 19.4 Å². The highest BCUT2D eigenvalue weighted by Crippen LogP contribution is 2.35. The first-order chi connectivity index (χ1) is 20.4. The molecular weight excluding hydrogens is 520 g/mol. The highest BCUT2D eigenvalue weighted by molar-refractivity contribution is 5.78. The average molecular weight is 571 g/mol. The SMILES string of the molecule is CCCCCC(=O)CCCc1ccccc1C(N)C(c1ccccc1CC)N(N)Cc1ccc(CC(C=O)NC)cc1. The summed E-state index contributed by atoms with van der Waals surface area (Å²) in [6.07, 6.45) is 8.61. The summed E-state index contributed by atoms with van der Waals surface area (Å²) in [4.78, 5) is 23.6. The van der Waals surface area contributed by atoms with Gasteiger partial charge >= 0.3 is 0 Å². The minimum absolute atomic E-state index is 0.200. The summed E-state index contributed by atoms with van der Waals surface area (Å²) >= 11 is 0. The first kappa shape index (κ1) is 33.3. The van der Waals surface area contributed by atoms with Crippen molar-refractivity contribution in [3.05, 3.63) is 106 Å². The number of hydrazine groups is 1. The second-order valence-electron chi connectivity index (χ2n) is 11.3. The maximum Gasteiger partial charge on any atom is 0.137 e. The fraction of sp³-hybridized carbons (Fsp3) is 0.444. The standard InChI is InChI=1S/C36H50N4O2/c1-4-6-7-16-32(42)17-12-15-30-14-9-10-18-33(30)35(37)36(34-19-11-8-13-29(34)5-2)40(38)25-28-22-20-27(21-23-28)24-31(26-41)39-3/h8-11,13-14,18-23,26,31,35-36,39H,4-7,12,15-17,24-25,37-38H2,1-3H3.